The van der Waals surface area contributed by atoms with Crippen molar-refractivity contribution in [3.05, 3.63) is 64.9 Å². The van der Waals surface area contributed by atoms with Gasteiger partial charge in [-0.05, 0) is 42.7 Å². The van der Waals surface area contributed by atoms with Crippen molar-refractivity contribution in [1.29, 1.82) is 0 Å². The van der Waals surface area contributed by atoms with Gasteiger partial charge in [0.2, 0.25) is 12.7 Å². The number of hydrogen-bond donors (Lipinski definition) is 1. The average molecular weight is 449 g/mol. The molecular weight excluding hydrogens is 424 g/mol. The molecule has 4 aromatic rings. The van der Waals surface area contributed by atoms with Crippen molar-refractivity contribution in [1.82, 2.24) is 14.5 Å². The summed E-state index contributed by atoms with van der Waals surface area (Å²) >= 11 is 1.51. The second-order valence-corrected chi connectivity index (χ2v) is 9.29. The Hall–Kier alpha value is -3.39. The molecule has 0 saturated heterocycles. The van der Waals surface area contributed by atoms with Crippen LogP contribution in [0.5, 0.6) is 11.5 Å². The van der Waals surface area contributed by atoms with Crippen molar-refractivity contribution in [2.24, 2.45) is 5.92 Å². The minimum atomic E-state index is -0.385. The van der Waals surface area contributed by atoms with Gasteiger partial charge >= 0.3 is 0 Å². The van der Waals surface area contributed by atoms with Crippen molar-refractivity contribution in [2.45, 2.75) is 33.2 Å². The largest absolute Gasteiger partial charge is 0.454 e. The first-order chi connectivity index (χ1) is 15.5. The van der Waals surface area contributed by atoms with Gasteiger partial charge in [-0.15, -0.1) is 11.3 Å². The van der Waals surface area contributed by atoms with E-state index in [-0.39, 0.29) is 24.7 Å². The van der Waals surface area contributed by atoms with E-state index in [1.165, 1.54) is 11.3 Å². The maximum absolute atomic E-state index is 13.3. The molecule has 0 radical (unpaired) electrons. The SMILES string of the molecule is Cc1nc(NC(=O)C(C(C)C)n2cnc3ccccc32)sc1Cc1ccc2c(c1)OCO2. The van der Waals surface area contributed by atoms with Crippen LogP contribution in [0.4, 0.5) is 5.13 Å². The molecule has 2 aromatic carbocycles. The summed E-state index contributed by atoms with van der Waals surface area (Å²) in [6, 6.07) is 13.4. The quantitative estimate of drug-likeness (QED) is 0.451. The number of imidazole rings is 1. The van der Waals surface area contributed by atoms with Crippen molar-refractivity contribution < 1.29 is 14.3 Å². The van der Waals surface area contributed by atoms with E-state index < -0.39 is 0 Å². The highest BCUT2D eigenvalue weighted by atomic mass is 32.1. The van der Waals surface area contributed by atoms with E-state index >= 15 is 0 Å². The Balaban J connectivity index is 1.36. The van der Waals surface area contributed by atoms with Gasteiger partial charge in [0.15, 0.2) is 16.6 Å². The Labute approximate surface area is 190 Å². The fourth-order valence-corrected chi connectivity index (χ4v) is 5.01. The number of ether oxygens (including phenoxy) is 2. The molecule has 1 aliphatic rings. The molecule has 7 nitrogen and oxygen atoms in total. The van der Waals surface area contributed by atoms with Crippen LogP contribution in [0, 0.1) is 12.8 Å². The molecule has 0 spiro atoms. The van der Waals surface area contributed by atoms with Crippen molar-refractivity contribution in [3.63, 3.8) is 0 Å². The van der Waals surface area contributed by atoms with Gasteiger partial charge in [-0.2, -0.15) is 0 Å². The van der Waals surface area contributed by atoms with Gasteiger partial charge in [0.05, 0.1) is 23.1 Å². The van der Waals surface area contributed by atoms with E-state index in [0.29, 0.717) is 5.13 Å². The van der Waals surface area contributed by atoms with Gasteiger partial charge in [-0.1, -0.05) is 32.0 Å². The molecule has 1 amide bonds. The maximum Gasteiger partial charge on any atom is 0.249 e. The zero-order valence-electron chi connectivity index (χ0n) is 18.2. The van der Waals surface area contributed by atoms with Crippen LogP contribution in [0.15, 0.2) is 48.8 Å². The van der Waals surface area contributed by atoms with Crippen LogP contribution in [0.1, 0.15) is 36.0 Å². The number of anilines is 1. The van der Waals surface area contributed by atoms with E-state index in [1.807, 2.05) is 67.8 Å². The summed E-state index contributed by atoms with van der Waals surface area (Å²) in [7, 11) is 0. The number of aromatic nitrogens is 3. The third-order valence-electron chi connectivity index (χ3n) is 5.61. The maximum atomic E-state index is 13.3. The summed E-state index contributed by atoms with van der Waals surface area (Å²) in [5.74, 6) is 1.54. The fraction of sp³-hybridized carbons (Fsp3) is 0.292. The highest BCUT2D eigenvalue weighted by Crippen LogP contribution is 2.34. The Bertz CT molecular complexity index is 1290. The standard InChI is InChI=1S/C24H24N4O3S/c1-14(2)22(28-12-25-17-6-4-5-7-18(17)28)23(29)27-24-26-15(3)21(32-24)11-16-8-9-19-20(10-16)31-13-30-19/h4-10,12,14,22H,11,13H2,1-3H3,(H,26,27,29). The molecule has 0 fully saturated rings. The summed E-state index contributed by atoms with van der Waals surface area (Å²) < 4.78 is 12.8. The number of rotatable bonds is 6. The van der Waals surface area contributed by atoms with Gasteiger partial charge in [0, 0.05) is 11.3 Å². The molecule has 1 unspecified atom stereocenters. The minimum Gasteiger partial charge on any atom is -0.454 e. The molecule has 1 aliphatic heterocycles. The number of amides is 1. The first-order valence-electron chi connectivity index (χ1n) is 10.6. The van der Waals surface area contributed by atoms with E-state index in [1.54, 1.807) is 6.33 Å². The van der Waals surface area contributed by atoms with Crippen LogP contribution in [0.25, 0.3) is 11.0 Å². The van der Waals surface area contributed by atoms with Crippen molar-refractivity contribution in [3.8, 4) is 11.5 Å². The molecule has 3 heterocycles. The average Bonchev–Trinajstić information content (AvgIpc) is 3.47. The van der Waals surface area contributed by atoms with Crippen LogP contribution in [0.3, 0.4) is 0 Å². The van der Waals surface area contributed by atoms with Gasteiger partial charge in [-0.25, -0.2) is 9.97 Å². The Morgan fingerprint density at radius 3 is 2.84 bits per heavy atom. The second kappa shape index (κ2) is 8.27. The van der Waals surface area contributed by atoms with Crippen LogP contribution < -0.4 is 14.8 Å². The normalized spacial score (nSPS) is 13.6. The third kappa shape index (κ3) is 3.82. The van der Waals surface area contributed by atoms with E-state index in [0.717, 1.165) is 45.1 Å². The number of hydrogen-bond acceptors (Lipinski definition) is 6. The molecular formula is C24H24N4O3S. The number of nitrogens with one attached hydrogen (secondary N) is 1. The number of carbonyl (C=O) groups is 1. The Morgan fingerprint density at radius 2 is 2.00 bits per heavy atom. The number of benzene rings is 2. The summed E-state index contributed by atoms with van der Waals surface area (Å²) in [6.07, 6.45) is 2.46. The highest BCUT2D eigenvalue weighted by Gasteiger charge is 2.26. The first kappa shape index (κ1) is 20.5. The molecule has 2 aromatic heterocycles. The summed E-state index contributed by atoms with van der Waals surface area (Å²) in [5.41, 5.74) is 3.85. The van der Waals surface area contributed by atoms with E-state index in [4.69, 9.17) is 9.47 Å². The minimum absolute atomic E-state index is 0.0850. The molecule has 1 atom stereocenters. The van der Waals surface area contributed by atoms with Gasteiger partial charge in [0.1, 0.15) is 6.04 Å². The predicted molar refractivity (Wildman–Crippen MR) is 124 cm³/mol. The van der Waals surface area contributed by atoms with Crippen LogP contribution in [-0.4, -0.2) is 27.2 Å². The lowest BCUT2D eigenvalue weighted by Crippen LogP contribution is -2.29. The topological polar surface area (TPSA) is 78.3 Å². The summed E-state index contributed by atoms with van der Waals surface area (Å²) in [5, 5.41) is 3.65. The van der Waals surface area contributed by atoms with E-state index in [2.05, 4.69) is 15.3 Å². The predicted octanol–water partition coefficient (Wildman–Crippen LogP) is 4.96. The Kier molecular flexibility index (Phi) is 5.30. The lowest BCUT2D eigenvalue weighted by Gasteiger charge is -2.21. The Morgan fingerprint density at radius 1 is 1.19 bits per heavy atom. The number of thiazole rings is 1. The summed E-state index contributed by atoms with van der Waals surface area (Å²) in [4.78, 5) is 23.4. The summed E-state index contributed by atoms with van der Waals surface area (Å²) in [6.45, 7) is 6.31. The zero-order valence-corrected chi connectivity index (χ0v) is 19.0. The van der Waals surface area contributed by atoms with Gasteiger partial charge in [0.25, 0.3) is 0 Å². The molecule has 32 heavy (non-hydrogen) atoms. The van der Waals surface area contributed by atoms with Gasteiger partial charge < -0.3 is 19.4 Å². The highest BCUT2D eigenvalue weighted by molar-refractivity contribution is 7.15. The number of para-hydroxylation sites is 2. The third-order valence-corrected chi connectivity index (χ3v) is 6.68. The number of fused-ring (bicyclic) bond motifs is 2. The smallest absolute Gasteiger partial charge is 0.249 e. The van der Waals surface area contributed by atoms with Crippen molar-refractivity contribution >= 4 is 33.4 Å². The molecule has 164 valence electrons. The van der Waals surface area contributed by atoms with Crippen LogP contribution in [-0.2, 0) is 11.2 Å². The zero-order chi connectivity index (χ0) is 22.2. The number of nitrogens with zero attached hydrogens (tertiary/aromatic N) is 3. The number of aryl methyl sites for hydroxylation is 1. The molecule has 8 heteroatoms. The van der Waals surface area contributed by atoms with Crippen LogP contribution in [0.2, 0.25) is 0 Å². The second-order valence-electron chi connectivity index (χ2n) is 8.21. The van der Waals surface area contributed by atoms with Crippen molar-refractivity contribution in [2.75, 3.05) is 12.1 Å². The van der Waals surface area contributed by atoms with Crippen LogP contribution >= 0.6 is 11.3 Å². The van der Waals surface area contributed by atoms with Gasteiger partial charge in [-0.3, -0.25) is 4.79 Å². The molecule has 0 aliphatic carbocycles. The fourth-order valence-electron chi connectivity index (χ4n) is 4.01. The lowest BCUT2D eigenvalue weighted by molar-refractivity contribution is -0.120. The first-order valence-corrected chi connectivity index (χ1v) is 11.4. The molecule has 5 rings (SSSR count). The molecule has 0 bridgehead atoms. The lowest BCUT2D eigenvalue weighted by atomic mass is 10.0. The number of carbonyl (C=O) groups excluding carboxylic acids is 1. The molecule has 1 N–H and O–H groups in total. The monoisotopic (exact) mass is 448 g/mol. The van der Waals surface area contributed by atoms with E-state index in [9.17, 15) is 4.79 Å². The molecule has 0 saturated carbocycles.